The molecule has 1 saturated heterocycles. The first-order valence-corrected chi connectivity index (χ1v) is 9.52. The molecule has 7 heteroatoms. The summed E-state index contributed by atoms with van der Waals surface area (Å²) in [5.41, 5.74) is 2.28. The maximum absolute atomic E-state index is 12.4. The van der Waals surface area contributed by atoms with Gasteiger partial charge >= 0.3 is 11.9 Å². The number of amides is 1. The fraction of sp³-hybridized carbons (Fsp3) is 0.318. The van der Waals surface area contributed by atoms with Crippen molar-refractivity contribution in [2.45, 2.75) is 31.3 Å². The van der Waals surface area contributed by atoms with Crippen molar-refractivity contribution in [2.24, 2.45) is 0 Å². The Hall–Kier alpha value is -3.19. The Morgan fingerprint density at radius 2 is 1.79 bits per heavy atom. The molecular weight excluding hydrogens is 372 g/mol. The fourth-order valence-corrected chi connectivity index (χ4v) is 3.69. The zero-order valence-corrected chi connectivity index (χ0v) is 16.2. The van der Waals surface area contributed by atoms with E-state index in [1.54, 1.807) is 48.5 Å². The van der Waals surface area contributed by atoms with Crippen LogP contribution in [0.3, 0.4) is 0 Å². The molecule has 0 aromatic heterocycles. The van der Waals surface area contributed by atoms with Gasteiger partial charge in [0.15, 0.2) is 0 Å². The van der Waals surface area contributed by atoms with Crippen LogP contribution in [-0.4, -0.2) is 58.6 Å². The van der Waals surface area contributed by atoms with Crippen molar-refractivity contribution in [3.63, 3.8) is 0 Å². The van der Waals surface area contributed by atoms with E-state index in [0.29, 0.717) is 5.56 Å². The number of rotatable bonds is 7. The van der Waals surface area contributed by atoms with Gasteiger partial charge < -0.3 is 15.5 Å². The largest absolute Gasteiger partial charge is 0.480 e. The maximum Gasteiger partial charge on any atom is 0.336 e. The van der Waals surface area contributed by atoms with Gasteiger partial charge in [0.05, 0.1) is 11.6 Å². The highest BCUT2D eigenvalue weighted by Gasteiger charge is 2.30. The number of aromatic carboxylic acids is 1. The number of carbonyl (C=O) groups is 3. The predicted molar refractivity (Wildman–Crippen MR) is 108 cm³/mol. The first-order chi connectivity index (χ1) is 13.9. The molecule has 1 heterocycles. The average molecular weight is 396 g/mol. The Morgan fingerprint density at radius 3 is 2.38 bits per heavy atom. The first kappa shape index (κ1) is 20.5. The Bertz CT molecular complexity index is 910. The van der Waals surface area contributed by atoms with Gasteiger partial charge in [-0.1, -0.05) is 42.5 Å². The van der Waals surface area contributed by atoms with Crippen LogP contribution in [0.5, 0.6) is 0 Å². The van der Waals surface area contributed by atoms with Gasteiger partial charge in [0.2, 0.25) is 5.91 Å². The van der Waals surface area contributed by atoms with E-state index in [-0.39, 0.29) is 23.9 Å². The van der Waals surface area contributed by atoms with E-state index in [0.717, 1.165) is 30.5 Å². The van der Waals surface area contributed by atoms with E-state index in [1.165, 1.54) is 0 Å². The van der Waals surface area contributed by atoms with Crippen LogP contribution in [0, 0.1) is 0 Å². The third-order valence-electron chi connectivity index (χ3n) is 5.30. The van der Waals surface area contributed by atoms with Gasteiger partial charge in [0, 0.05) is 6.42 Å². The highest BCUT2D eigenvalue weighted by Crippen LogP contribution is 2.24. The number of carboxylic acid groups (broad SMARTS) is 2. The van der Waals surface area contributed by atoms with Crippen LogP contribution in [0.4, 0.5) is 0 Å². The van der Waals surface area contributed by atoms with Gasteiger partial charge in [-0.3, -0.25) is 9.69 Å². The Labute approximate surface area is 169 Å². The van der Waals surface area contributed by atoms with Crippen LogP contribution >= 0.6 is 0 Å². The minimum Gasteiger partial charge on any atom is -0.480 e. The zero-order chi connectivity index (χ0) is 21.0. The molecule has 2 atom stereocenters. The molecule has 3 rings (SSSR count). The highest BCUT2D eigenvalue weighted by molar-refractivity contribution is 5.96. The minimum atomic E-state index is -1.08. The molecule has 152 valence electrons. The number of nitrogens with one attached hydrogen (secondary N) is 1. The number of carboxylic acids is 2. The lowest BCUT2D eigenvalue weighted by molar-refractivity contribution is -0.142. The Morgan fingerprint density at radius 1 is 1.10 bits per heavy atom. The van der Waals surface area contributed by atoms with Gasteiger partial charge in [0.25, 0.3) is 0 Å². The molecule has 0 aliphatic carbocycles. The molecule has 7 nitrogen and oxygen atoms in total. The van der Waals surface area contributed by atoms with Gasteiger partial charge in [-0.2, -0.15) is 0 Å². The van der Waals surface area contributed by atoms with E-state index in [9.17, 15) is 24.6 Å². The molecule has 0 bridgehead atoms. The summed E-state index contributed by atoms with van der Waals surface area (Å²) < 4.78 is 0. The van der Waals surface area contributed by atoms with Gasteiger partial charge in [-0.15, -0.1) is 0 Å². The Kier molecular flexibility index (Phi) is 6.29. The number of hydrogen-bond acceptors (Lipinski definition) is 4. The van der Waals surface area contributed by atoms with Crippen LogP contribution in [0.15, 0.2) is 48.5 Å². The highest BCUT2D eigenvalue weighted by atomic mass is 16.4. The topological polar surface area (TPSA) is 107 Å². The summed E-state index contributed by atoms with van der Waals surface area (Å²) in [5.74, 6) is -2.35. The molecule has 2 aromatic rings. The summed E-state index contributed by atoms with van der Waals surface area (Å²) in [6, 6.07) is 12.5. The van der Waals surface area contributed by atoms with Gasteiger partial charge in [-0.05, 0) is 49.2 Å². The lowest BCUT2D eigenvalue weighted by atomic mass is 9.97. The molecule has 3 N–H and O–H groups in total. The zero-order valence-electron chi connectivity index (χ0n) is 16.2. The first-order valence-electron chi connectivity index (χ1n) is 9.52. The van der Waals surface area contributed by atoms with Crippen LogP contribution in [-0.2, 0) is 16.0 Å². The summed E-state index contributed by atoms with van der Waals surface area (Å²) in [7, 11) is 1.86. The van der Waals surface area contributed by atoms with E-state index in [1.807, 2.05) is 11.9 Å². The van der Waals surface area contributed by atoms with Gasteiger partial charge in [-0.25, -0.2) is 9.59 Å². The summed E-state index contributed by atoms with van der Waals surface area (Å²) in [6.45, 7) is 0.828. The second-order valence-electron chi connectivity index (χ2n) is 7.29. The monoisotopic (exact) mass is 396 g/mol. The number of likely N-dealkylation sites (N-methyl/N-ethyl adjacent to an activating group) is 1. The minimum absolute atomic E-state index is 0.151. The number of nitrogens with zero attached hydrogens (tertiary/aromatic N) is 1. The standard InChI is InChI=1S/C22H24N2O5/c1-24-12-4-7-19(24)20(25)23-18(22(28)29)13-14-8-10-15(11-9-14)16-5-2-3-6-17(16)21(26)27/h2-3,5-6,8-11,18-19H,4,7,12-13H2,1H3,(H,23,25)(H,26,27)(H,28,29)/t18-,19-/m0/s1. The van der Waals surface area contributed by atoms with Crippen LogP contribution in [0.25, 0.3) is 11.1 Å². The summed E-state index contributed by atoms with van der Waals surface area (Å²) in [4.78, 5) is 37.4. The molecular formula is C22H24N2O5. The molecule has 0 radical (unpaired) electrons. The maximum atomic E-state index is 12.4. The SMILES string of the molecule is CN1CCC[C@H]1C(=O)N[C@@H](Cc1ccc(-c2ccccc2C(=O)O)cc1)C(=O)O. The quantitative estimate of drug-likeness (QED) is 0.663. The van der Waals surface area contributed by atoms with Crippen molar-refractivity contribution in [1.82, 2.24) is 10.2 Å². The number of benzene rings is 2. The molecule has 0 spiro atoms. The number of hydrogen-bond donors (Lipinski definition) is 3. The van der Waals surface area contributed by atoms with E-state index in [2.05, 4.69) is 5.32 Å². The van der Waals surface area contributed by atoms with E-state index >= 15 is 0 Å². The lowest BCUT2D eigenvalue weighted by Crippen LogP contribution is -2.49. The molecule has 1 aliphatic rings. The predicted octanol–water partition coefficient (Wildman–Crippen LogP) is 2.26. The second kappa shape index (κ2) is 8.87. The average Bonchev–Trinajstić information content (AvgIpc) is 3.14. The molecule has 1 fully saturated rings. The molecule has 29 heavy (non-hydrogen) atoms. The number of carbonyl (C=O) groups excluding carboxylic acids is 1. The van der Waals surface area contributed by atoms with Crippen LogP contribution in [0.2, 0.25) is 0 Å². The van der Waals surface area contributed by atoms with Crippen molar-refractivity contribution in [3.8, 4) is 11.1 Å². The summed E-state index contributed by atoms with van der Waals surface area (Å²) >= 11 is 0. The smallest absolute Gasteiger partial charge is 0.336 e. The number of aliphatic carboxylic acids is 1. The molecule has 2 aromatic carbocycles. The normalized spacial score (nSPS) is 17.6. The Balaban J connectivity index is 1.72. The van der Waals surface area contributed by atoms with Gasteiger partial charge in [0.1, 0.15) is 6.04 Å². The summed E-state index contributed by atoms with van der Waals surface area (Å²) in [6.07, 6.45) is 1.80. The van der Waals surface area contributed by atoms with Crippen molar-refractivity contribution < 1.29 is 24.6 Å². The fourth-order valence-electron chi connectivity index (χ4n) is 3.69. The third kappa shape index (κ3) is 4.81. The second-order valence-corrected chi connectivity index (χ2v) is 7.29. The van der Waals surface area contributed by atoms with E-state index < -0.39 is 18.0 Å². The van der Waals surface area contributed by atoms with Crippen molar-refractivity contribution in [1.29, 1.82) is 0 Å². The van der Waals surface area contributed by atoms with Crippen LogP contribution in [0.1, 0.15) is 28.8 Å². The molecule has 0 unspecified atom stereocenters. The van der Waals surface area contributed by atoms with E-state index in [4.69, 9.17) is 0 Å². The van der Waals surface area contributed by atoms with Crippen molar-refractivity contribution in [3.05, 3.63) is 59.7 Å². The molecule has 0 saturated carbocycles. The van der Waals surface area contributed by atoms with Crippen LogP contribution < -0.4 is 5.32 Å². The van der Waals surface area contributed by atoms with Crippen molar-refractivity contribution in [2.75, 3.05) is 13.6 Å². The molecule has 1 amide bonds. The molecule has 1 aliphatic heterocycles. The third-order valence-corrected chi connectivity index (χ3v) is 5.30. The van der Waals surface area contributed by atoms with Crippen molar-refractivity contribution >= 4 is 17.8 Å². The summed E-state index contributed by atoms with van der Waals surface area (Å²) in [5, 5.41) is 21.5. The lowest BCUT2D eigenvalue weighted by Gasteiger charge is -2.22. The number of likely N-dealkylation sites (tertiary alicyclic amines) is 1.